The van der Waals surface area contributed by atoms with Gasteiger partial charge in [0, 0.05) is 24.8 Å². The second-order valence-electron chi connectivity index (χ2n) is 7.12. The molecule has 1 aromatic rings. The van der Waals surface area contributed by atoms with Gasteiger partial charge in [-0.1, -0.05) is 6.92 Å². The lowest BCUT2D eigenvalue weighted by molar-refractivity contribution is 0.130. The lowest BCUT2D eigenvalue weighted by Gasteiger charge is -2.26. The molecule has 24 heavy (non-hydrogen) atoms. The Balaban J connectivity index is 1.55. The van der Waals surface area contributed by atoms with Crippen LogP contribution in [0.4, 0.5) is 0 Å². The zero-order valence-electron chi connectivity index (χ0n) is 14.9. The molecule has 2 aliphatic rings. The highest BCUT2D eigenvalue weighted by molar-refractivity contribution is 5.80. The van der Waals surface area contributed by atoms with E-state index in [0.717, 1.165) is 42.7 Å². The van der Waals surface area contributed by atoms with Crippen molar-refractivity contribution in [2.75, 3.05) is 6.54 Å². The first-order valence-corrected chi connectivity index (χ1v) is 9.39. The molecule has 0 atom stereocenters. The van der Waals surface area contributed by atoms with Crippen LogP contribution in [0.15, 0.2) is 23.3 Å². The summed E-state index contributed by atoms with van der Waals surface area (Å²) < 4.78 is 6.08. The van der Waals surface area contributed by atoms with Crippen LogP contribution in [0.3, 0.4) is 0 Å². The molecule has 0 aromatic carbocycles. The minimum Gasteiger partial charge on any atom is -0.474 e. The van der Waals surface area contributed by atoms with Gasteiger partial charge >= 0.3 is 0 Å². The van der Waals surface area contributed by atoms with Gasteiger partial charge in [-0.05, 0) is 63.0 Å². The van der Waals surface area contributed by atoms with E-state index in [1.165, 1.54) is 25.7 Å². The Morgan fingerprint density at radius 2 is 2.04 bits per heavy atom. The highest BCUT2D eigenvalue weighted by Gasteiger charge is 2.22. The Bertz CT molecular complexity index is 548. The van der Waals surface area contributed by atoms with Crippen LogP contribution < -0.4 is 15.4 Å². The number of guanidine groups is 1. The molecular weight excluding hydrogens is 300 g/mol. The van der Waals surface area contributed by atoms with Gasteiger partial charge in [-0.15, -0.1) is 0 Å². The van der Waals surface area contributed by atoms with Crippen LogP contribution in [0.1, 0.15) is 57.9 Å². The van der Waals surface area contributed by atoms with Gasteiger partial charge in [0.25, 0.3) is 0 Å². The van der Waals surface area contributed by atoms with Crippen molar-refractivity contribution in [1.82, 2.24) is 15.6 Å². The van der Waals surface area contributed by atoms with Crippen LogP contribution in [-0.2, 0) is 6.54 Å². The SMILES string of the molecule is CCNC(=NCc1ccnc(OC2CCC(C)CC2)c1)NC1CC1. The predicted octanol–water partition coefficient (Wildman–Crippen LogP) is 3.26. The molecule has 0 aliphatic heterocycles. The molecule has 1 aromatic heterocycles. The van der Waals surface area contributed by atoms with Crippen molar-refractivity contribution in [2.45, 2.75) is 71.1 Å². The van der Waals surface area contributed by atoms with Crippen molar-refractivity contribution in [3.63, 3.8) is 0 Å². The van der Waals surface area contributed by atoms with E-state index in [1.54, 1.807) is 0 Å². The summed E-state index contributed by atoms with van der Waals surface area (Å²) in [4.78, 5) is 9.05. The second kappa shape index (κ2) is 8.36. The Hall–Kier alpha value is -1.78. The highest BCUT2D eigenvalue weighted by atomic mass is 16.5. The average Bonchev–Trinajstić information content (AvgIpc) is 3.39. The summed E-state index contributed by atoms with van der Waals surface area (Å²) in [7, 11) is 0. The van der Waals surface area contributed by atoms with Gasteiger partial charge in [0.15, 0.2) is 5.96 Å². The smallest absolute Gasteiger partial charge is 0.213 e. The topological polar surface area (TPSA) is 58.5 Å². The summed E-state index contributed by atoms with van der Waals surface area (Å²) in [6, 6.07) is 4.65. The Kier molecular flexibility index (Phi) is 5.94. The third-order valence-corrected chi connectivity index (χ3v) is 4.73. The molecule has 2 aliphatic carbocycles. The van der Waals surface area contributed by atoms with Crippen LogP contribution in [0.25, 0.3) is 0 Å². The zero-order chi connectivity index (χ0) is 16.8. The van der Waals surface area contributed by atoms with E-state index in [2.05, 4.69) is 34.5 Å². The number of hydrogen-bond acceptors (Lipinski definition) is 3. The number of aliphatic imine (C=N–C) groups is 1. The van der Waals surface area contributed by atoms with E-state index in [4.69, 9.17) is 4.74 Å². The largest absolute Gasteiger partial charge is 0.474 e. The van der Waals surface area contributed by atoms with Gasteiger partial charge in [-0.3, -0.25) is 0 Å². The monoisotopic (exact) mass is 330 g/mol. The average molecular weight is 330 g/mol. The van der Waals surface area contributed by atoms with Crippen molar-refractivity contribution in [3.8, 4) is 5.88 Å². The summed E-state index contributed by atoms with van der Waals surface area (Å²) in [6.45, 7) is 5.93. The zero-order valence-corrected chi connectivity index (χ0v) is 14.9. The van der Waals surface area contributed by atoms with Gasteiger partial charge in [-0.2, -0.15) is 0 Å². The van der Waals surface area contributed by atoms with E-state index in [0.29, 0.717) is 18.7 Å². The molecule has 2 saturated carbocycles. The molecule has 0 unspecified atom stereocenters. The maximum absolute atomic E-state index is 6.08. The minimum absolute atomic E-state index is 0.321. The molecule has 0 amide bonds. The normalized spacial score (nSPS) is 24.5. The molecule has 0 saturated heterocycles. The minimum atomic E-state index is 0.321. The van der Waals surface area contributed by atoms with Crippen LogP contribution in [0.2, 0.25) is 0 Å². The first kappa shape index (κ1) is 17.1. The number of nitrogens with zero attached hydrogens (tertiary/aromatic N) is 2. The van der Waals surface area contributed by atoms with Crippen molar-refractivity contribution >= 4 is 5.96 Å². The molecular formula is C19H30N4O. The molecule has 1 heterocycles. The van der Waals surface area contributed by atoms with Crippen molar-refractivity contribution < 1.29 is 4.74 Å². The number of nitrogens with one attached hydrogen (secondary N) is 2. The number of ether oxygens (including phenoxy) is 1. The van der Waals surface area contributed by atoms with Gasteiger partial charge in [-0.25, -0.2) is 9.98 Å². The molecule has 5 nitrogen and oxygen atoms in total. The fourth-order valence-corrected chi connectivity index (χ4v) is 3.04. The molecule has 0 bridgehead atoms. The maximum Gasteiger partial charge on any atom is 0.213 e. The Morgan fingerprint density at radius 1 is 1.25 bits per heavy atom. The van der Waals surface area contributed by atoms with Crippen molar-refractivity contribution in [2.24, 2.45) is 10.9 Å². The maximum atomic E-state index is 6.08. The molecule has 2 fully saturated rings. The van der Waals surface area contributed by atoms with Crippen LogP contribution in [0, 0.1) is 5.92 Å². The summed E-state index contributed by atoms with van der Waals surface area (Å²) >= 11 is 0. The van der Waals surface area contributed by atoms with Crippen LogP contribution in [0.5, 0.6) is 5.88 Å². The van der Waals surface area contributed by atoms with Gasteiger partial charge in [0.1, 0.15) is 6.10 Å². The van der Waals surface area contributed by atoms with Gasteiger partial charge in [0.2, 0.25) is 5.88 Å². The third-order valence-electron chi connectivity index (χ3n) is 4.73. The fraction of sp³-hybridized carbons (Fsp3) is 0.684. The summed E-state index contributed by atoms with van der Waals surface area (Å²) in [6.07, 6.45) is 9.44. The summed E-state index contributed by atoms with van der Waals surface area (Å²) in [5, 5.41) is 6.74. The fourth-order valence-electron chi connectivity index (χ4n) is 3.04. The van der Waals surface area contributed by atoms with E-state index < -0.39 is 0 Å². The number of hydrogen-bond donors (Lipinski definition) is 2. The molecule has 0 radical (unpaired) electrons. The summed E-state index contributed by atoms with van der Waals surface area (Å²) in [5.74, 6) is 2.48. The number of aromatic nitrogens is 1. The van der Waals surface area contributed by atoms with Crippen LogP contribution >= 0.6 is 0 Å². The predicted molar refractivity (Wildman–Crippen MR) is 97.3 cm³/mol. The molecule has 2 N–H and O–H groups in total. The van der Waals surface area contributed by atoms with Gasteiger partial charge in [0.05, 0.1) is 6.54 Å². The third kappa shape index (κ3) is 5.39. The molecule has 5 heteroatoms. The van der Waals surface area contributed by atoms with E-state index in [9.17, 15) is 0 Å². The van der Waals surface area contributed by atoms with E-state index in [-0.39, 0.29) is 0 Å². The quantitative estimate of drug-likeness (QED) is 0.621. The summed E-state index contributed by atoms with van der Waals surface area (Å²) in [5.41, 5.74) is 1.14. The first-order chi connectivity index (χ1) is 11.7. The molecule has 0 spiro atoms. The number of rotatable bonds is 6. The first-order valence-electron chi connectivity index (χ1n) is 9.39. The lowest BCUT2D eigenvalue weighted by atomic mass is 9.89. The molecule has 3 rings (SSSR count). The van der Waals surface area contributed by atoms with E-state index >= 15 is 0 Å². The number of pyridine rings is 1. The Labute approximate surface area is 145 Å². The Morgan fingerprint density at radius 3 is 2.75 bits per heavy atom. The van der Waals surface area contributed by atoms with Crippen molar-refractivity contribution in [1.29, 1.82) is 0 Å². The highest BCUT2D eigenvalue weighted by Crippen LogP contribution is 2.26. The second-order valence-corrected chi connectivity index (χ2v) is 7.12. The van der Waals surface area contributed by atoms with Gasteiger partial charge < -0.3 is 15.4 Å². The van der Waals surface area contributed by atoms with E-state index in [1.807, 2.05) is 18.3 Å². The molecule has 132 valence electrons. The standard InChI is InChI=1S/C19H30N4O/c1-3-20-19(23-16-6-7-16)22-13-15-10-11-21-18(12-15)24-17-8-4-14(2)5-9-17/h10-12,14,16-17H,3-9,13H2,1-2H3,(H2,20,22,23). The van der Waals surface area contributed by atoms with Crippen LogP contribution in [-0.4, -0.2) is 29.6 Å². The van der Waals surface area contributed by atoms with Crippen molar-refractivity contribution in [3.05, 3.63) is 23.9 Å². The lowest BCUT2D eigenvalue weighted by Crippen LogP contribution is -2.38.